The molecule has 3 aliphatic carbocycles. The molecule has 13 nitrogen and oxygen atoms in total. The van der Waals surface area contributed by atoms with Crippen LogP contribution in [0.1, 0.15) is 37.3 Å². The maximum Gasteiger partial charge on any atom is 0.307 e. The second kappa shape index (κ2) is 10.2. The Morgan fingerprint density at radius 1 is 1.14 bits per heavy atom. The maximum atomic E-state index is 14.1. The number of hydrogen-bond donors (Lipinski definition) is 7. The standard InChI is InChI=1S/C29H35N3O10/c1-28(41)14-7-4-8-17(33)18(14)22(34)19-15(28)10-16-21(31(2)3)23(35)20(25(37)29(16,42)24(19)36)26(38)30-12-32-9-5-6-13(11-32)27(39)40/h4,7-8,13,15-16,21,33-34,37,41-42H,5-6,9-12H2,1-3H3,(H,30,38)(H,39,40)/t13?,15?,16?,21-,28+,29-/m0/s1. The summed E-state index contributed by atoms with van der Waals surface area (Å²) in [6.07, 6.45) is 0.840. The van der Waals surface area contributed by atoms with Crippen LogP contribution in [0.5, 0.6) is 5.75 Å². The number of rotatable bonds is 5. The van der Waals surface area contributed by atoms with Gasteiger partial charge in [-0.15, -0.1) is 0 Å². The summed E-state index contributed by atoms with van der Waals surface area (Å²) < 4.78 is 0. The van der Waals surface area contributed by atoms with E-state index in [-0.39, 0.29) is 30.8 Å². The van der Waals surface area contributed by atoms with E-state index in [0.717, 1.165) is 0 Å². The van der Waals surface area contributed by atoms with Crippen LogP contribution in [-0.2, 0) is 24.8 Å². The number of phenolic OH excluding ortho intramolecular Hbond substituents is 1. The highest BCUT2D eigenvalue weighted by atomic mass is 16.4. The van der Waals surface area contributed by atoms with Crippen LogP contribution in [0.2, 0.25) is 0 Å². The number of piperidine rings is 1. The van der Waals surface area contributed by atoms with Crippen LogP contribution >= 0.6 is 0 Å². The summed E-state index contributed by atoms with van der Waals surface area (Å²) in [5.41, 5.74) is -5.92. The van der Waals surface area contributed by atoms with Crippen molar-refractivity contribution in [2.75, 3.05) is 33.9 Å². The molecule has 1 aromatic carbocycles. The van der Waals surface area contributed by atoms with Crippen molar-refractivity contribution in [3.8, 4) is 5.75 Å². The van der Waals surface area contributed by atoms with Gasteiger partial charge in [0.1, 0.15) is 22.8 Å². The minimum absolute atomic E-state index is 0.137. The van der Waals surface area contributed by atoms with Crippen LogP contribution in [0.15, 0.2) is 35.1 Å². The Kier molecular flexibility index (Phi) is 7.21. The van der Waals surface area contributed by atoms with Gasteiger partial charge >= 0.3 is 5.97 Å². The van der Waals surface area contributed by atoms with Crippen molar-refractivity contribution in [2.45, 2.75) is 43.4 Å². The lowest BCUT2D eigenvalue weighted by atomic mass is 9.54. The smallest absolute Gasteiger partial charge is 0.307 e. The zero-order valence-electron chi connectivity index (χ0n) is 23.5. The lowest BCUT2D eigenvalue weighted by Gasteiger charge is -2.53. The molecule has 226 valence electrons. The molecule has 6 atom stereocenters. The average molecular weight is 586 g/mol. The third-order valence-corrected chi connectivity index (χ3v) is 9.32. The first kappa shape index (κ1) is 29.7. The second-order valence-electron chi connectivity index (χ2n) is 12.0. The molecule has 0 bridgehead atoms. The molecular weight excluding hydrogens is 550 g/mol. The van der Waals surface area contributed by atoms with Gasteiger partial charge in [0.25, 0.3) is 5.91 Å². The molecule has 4 aliphatic rings. The number of benzene rings is 1. The third kappa shape index (κ3) is 4.22. The van der Waals surface area contributed by atoms with E-state index in [9.17, 15) is 49.8 Å². The molecule has 1 heterocycles. The van der Waals surface area contributed by atoms with E-state index < -0.39 is 86.9 Å². The van der Waals surface area contributed by atoms with Crippen molar-refractivity contribution in [1.82, 2.24) is 15.1 Å². The molecule has 1 aliphatic heterocycles. The monoisotopic (exact) mass is 585 g/mol. The summed E-state index contributed by atoms with van der Waals surface area (Å²) >= 11 is 0. The van der Waals surface area contributed by atoms with Gasteiger partial charge in [0.05, 0.1) is 29.8 Å². The molecule has 13 heteroatoms. The van der Waals surface area contributed by atoms with Gasteiger partial charge in [0.15, 0.2) is 11.4 Å². The van der Waals surface area contributed by atoms with Gasteiger partial charge in [-0.1, -0.05) is 12.1 Å². The molecule has 5 rings (SSSR count). The zero-order chi connectivity index (χ0) is 30.9. The van der Waals surface area contributed by atoms with Gasteiger partial charge in [-0.3, -0.25) is 29.0 Å². The summed E-state index contributed by atoms with van der Waals surface area (Å²) in [5.74, 6) is -9.36. The normalized spacial score (nSPS) is 33.3. The lowest BCUT2D eigenvalue weighted by Crippen LogP contribution is -2.67. The predicted molar refractivity (Wildman–Crippen MR) is 146 cm³/mol. The number of nitrogens with zero attached hydrogens (tertiary/aromatic N) is 2. The van der Waals surface area contributed by atoms with E-state index in [1.165, 1.54) is 44.1 Å². The van der Waals surface area contributed by atoms with Crippen LogP contribution in [0.4, 0.5) is 0 Å². The van der Waals surface area contributed by atoms with Crippen molar-refractivity contribution in [3.63, 3.8) is 0 Å². The average Bonchev–Trinajstić information content (AvgIpc) is 2.92. The molecule has 3 unspecified atom stereocenters. The predicted octanol–water partition coefficient (Wildman–Crippen LogP) is 0.0140. The van der Waals surface area contributed by atoms with Gasteiger partial charge in [-0.2, -0.15) is 0 Å². The number of aromatic hydroxyl groups is 1. The van der Waals surface area contributed by atoms with Crippen LogP contribution in [-0.4, -0.2) is 109 Å². The number of likely N-dealkylation sites (tertiary alicyclic amines) is 1. The van der Waals surface area contributed by atoms with Crippen LogP contribution in [0.3, 0.4) is 0 Å². The number of phenols is 1. The van der Waals surface area contributed by atoms with Crippen molar-refractivity contribution in [2.24, 2.45) is 17.8 Å². The van der Waals surface area contributed by atoms with Crippen LogP contribution < -0.4 is 5.32 Å². The molecule has 42 heavy (non-hydrogen) atoms. The van der Waals surface area contributed by atoms with Gasteiger partial charge in [0, 0.05) is 24.0 Å². The highest BCUT2D eigenvalue weighted by molar-refractivity contribution is 6.25. The van der Waals surface area contributed by atoms with Crippen molar-refractivity contribution >= 4 is 29.2 Å². The fraction of sp³-hybridized carbons (Fsp3) is 0.517. The number of hydrogen-bond acceptors (Lipinski definition) is 11. The second-order valence-corrected chi connectivity index (χ2v) is 12.0. The Morgan fingerprint density at radius 3 is 2.48 bits per heavy atom. The number of fused-ring (bicyclic) bond motifs is 3. The van der Waals surface area contributed by atoms with E-state index >= 15 is 0 Å². The van der Waals surface area contributed by atoms with Crippen molar-refractivity contribution < 1.29 is 49.8 Å². The molecule has 2 fully saturated rings. The number of carbonyl (C=O) groups is 4. The summed E-state index contributed by atoms with van der Waals surface area (Å²) in [5, 5.41) is 68.5. The van der Waals surface area contributed by atoms with E-state index in [1.807, 2.05) is 0 Å². The Hall–Kier alpha value is -3.78. The molecule has 1 saturated carbocycles. The molecule has 7 N–H and O–H groups in total. The minimum Gasteiger partial charge on any atom is -0.508 e. The van der Waals surface area contributed by atoms with E-state index in [1.54, 1.807) is 4.90 Å². The Bertz CT molecular complexity index is 1450. The van der Waals surface area contributed by atoms with Gasteiger partial charge in [0.2, 0.25) is 5.78 Å². The van der Waals surface area contributed by atoms with E-state index in [4.69, 9.17) is 0 Å². The number of likely N-dealkylation sites (N-methyl/N-ethyl adjacent to an activating group) is 1. The number of carbonyl (C=O) groups excluding carboxylic acids is 3. The Balaban J connectivity index is 1.57. The van der Waals surface area contributed by atoms with Gasteiger partial charge in [-0.25, -0.2) is 0 Å². The maximum absolute atomic E-state index is 14.1. The van der Waals surface area contributed by atoms with Crippen molar-refractivity contribution in [3.05, 3.63) is 46.2 Å². The number of carboxylic acids is 1. The number of aliphatic hydroxyl groups is 4. The molecule has 1 amide bonds. The van der Waals surface area contributed by atoms with E-state index in [0.29, 0.717) is 19.4 Å². The SMILES string of the molecule is CN(C)[C@@H]1C(=O)C(C(=O)NCN2CCCC(C(=O)O)C2)=C(O)[C@@]2(O)C(=O)C3=C(O)c4c(O)cccc4[C@@](C)(O)C3CC12. The van der Waals surface area contributed by atoms with Gasteiger partial charge in [-0.05, 0) is 58.5 Å². The zero-order valence-corrected chi connectivity index (χ0v) is 23.5. The van der Waals surface area contributed by atoms with Crippen LogP contribution in [0, 0.1) is 17.8 Å². The first-order valence-electron chi connectivity index (χ1n) is 13.8. The first-order valence-corrected chi connectivity index (χ1v) is 13.8. The van der Waals surface area contributed by atoms with Crippen LogP contribution in [0.25, 0.3) is 5.76 Å². The lowest BCUT2D eigenvalue weighted by molar-refractivity contribution is -0.159. The summed E-state index contributed by atoms with van der Waals surface area (Å²) in [4.78, 5) is 55.7. The number of carboxylic acid groups (broad SMARTS) is 1. The molecule has 0 radical (unpaired) electrons. The third-order valence-electron chi connectivity index (χ3n) is 9.32. The highest BCUT2D eigenvalue weighted by Crippen LogP contribution is 2.57. The topological polar surface area (TPSA) is 208 Å². The number of aliphatic hydroxyl groups excluding tert-OH is 2. The highest BCUT2D eigenvalue weighted by Gasteiger charge is 2.66. The quantitative estimate of drug-likeness (QED) is 0.228. The summed E-state index contributed by atoms with van der Waals surface area (Å²) in [6.45, 7) is 1.93. The van der Waals surface area contributed by atoms with Gasteiger partial charge < -0.3 is 36.0 Å². The largest absolute Gasteiger partial charge is 0.508 e. The Labute approximate surface area is 241 Å². The first-order chi connectivity index (χ1) is 19.6. The molecular formula is C29H35N3O10. The fourth-order valence-electron chi connectivity index (χ4n) is 7.16. The Morgan fingerprint density at radius 2 is 1.83 bits per heavy atom. The number of aliphatic carboxylic acids is 1. The fourth-order valence-corrected chi connectivity index (χ4v) is 7.16. The number of Topliss-reactive ketones (excluding diaryl/α,β-unsaturated/α-hetero) is 2. The van der Waals surface area contributed by atoms with E-state index in [2.05, 4.69) is 5.32 Å². The summed E-state index contributed by atoms with van der Waals surface area (Å²) in [6, 6.07) is 2.95. The molecule has 1 saturated heterocycles. The molecule has 0 spiro atoms. The molecule has 0 aromatic heterocycles. The number of nitrogens with one attached hydrogen (secondary N) is 1. The number of amides is 1. The summed E-state index contributed by atoms with van der Waals surface area (Å²) in [7, 11) is 3.03. The molecule has 1 aromatic rings. The minimum atomic E-state index is -2.81. The van der Waals surface area contributed by atoms with Crippen molar-refractivity contribution in [1.29, 1.82) is 0 Å². The number of ketones is 2.